The number of hydrogen-bond donors (Lipinski definition) is 2. The lowest BCUT2D eigenvalue weighted by Gasteiger charge is -2.26. The molecule has 4 heterocycles. The molecule has 0 spiro atoms. The van der Waals surface area contributed by atoms with Crippen LogP contribution < -0.4 is 5.32 Å². The first kappa shape index (κ1) is 22.1. The van der Waals surface area contributed by atoms with Crippen LogP contribution in [0.4, 0.5) is 10.2 Å². The molecule has 0 atom stereocenters. The third-order valence-corrected chi connectivity index (χ3v) is 5.69. The highest BCUT2D eigenvalue weighted by atomic mass is 19.1. The predicted molar refractivity (Wildman–Crippen MR) is 123 cm³/mol. The number of anilines is 1. The van der Waals surface area contributed by atoms with E-state index in [-0.39, 0.29) is 5.82 Å². The van der Waals surface area contributed by atoms with E-state index >= 15 is 0 Å². The number of rotatable bonds is 7. The van der Waals surface area contributed by atoms with Gasteiger partial charge in [-0.3, -0.25) is 9.69 Å². The zero-order chi connectivity index (χ0) is 23.5. The van der Waals surface area contributed by atoms with E-state index < -0.39 is 12.5 Å². The number of benzene rings is 1. The molecule has 1 saturated heterocycles. The molecule has 34 heavy (non-hydrogen) atoms. The van der Waals surface area contributed by atoms with Crippen LogP contribution >= 0.6 is 0 Å². The Morgan fingerprint density at radius 1 is 1.12 bits per heavy atom. The molecule has 1 aromatic carbocycles. The van der Waals surface area contributed by atoms with E-state index in [1.807, 2.05) is 10.6 Å². The zero-order valence-electron chi connectivity index (χ0n) is 18.4. The van der Waals surface area contributed by atoms with Crippen LogP contribution in [0.1, 0.15) is 0 Å². The summed E-state index contributed by atoms with van der Waals surface area (Å²) < 4.78 is 22.6. The van der Waals surface area contributed by atoms with Gasteiger partial charge in [-0.15, -0.1) is 0 Å². The van der Waals surface area contributed by atoms with Gasteiger partial charge >= 0.3 is 0 Å². The highest BCUT2D eigenvalue weighted by molar-refractivity contribution is 5.90. The number of ether oxygens (including phenoxy) is 1. The normalized spacial score (nSPS) is 14.5. The molecule has 1 aliphatic rings. The lowest BCUT2D eigenvalue weighted by Crippen LogP contribution is -2.38. The van der Waals surface area contributed by atoms with Crippen molar-refractivity contribution in [1.82, 2.24) is 29.0 Å². The van der Waals surface area contributed by atoms with Crippen LogP contribution in [0.15, 0.2) is 48.9 Å². The van der Waals surface area contributed by atoms with Gasteiger partial charge in [0.05, 0.1) is 37.1 Å². The van der Waals surface area contributed by atoms with Crippen LogP contribution in [0, 0.1) is 5.82 Å². The lowest BCUT2D eigenvalue weighted by atomic mass is 10.1. The molecular weight excluding hydrogens is 441 g/mol. The number of aliphatic hydroxyl groups is 1. The summed E-state index contributed by atoms with van der Waals surface area (Å²) in [5.74, 6) is -0.570. The number of carbonyl (C=O) groups excluding carboxylic acids is 1. The van der Waals surface area contributed by atoms with Gasteiger partial charge in [0.25, 0.3) is 5.91 Å². The van der Waals surface area contributed by atoms with Crippen molar-refractivity contribution in [3.63, 3.8) is 0 Å². The molecule has 3 aromatic heterocycles. The van der Waals surface area contributed by atoms with Crippen molar-refractivity contribution >= 4 is 17.4 Å². The number of imidazole rings is 2. The Morgan fingerprint density at radius 2 is 1.91 bits per heavy atom. The predicted octanol–water partition coefficient (Wildman–Crippen LogP) is 1.66. The molecule has 0 saturated carbocycles. The highest BCUT2D eigenvalue weighted by Crippen LogP contribution is 2.30. The molecule has 1 fully saturated rings. The maximum atomic E-state index is 13.5. The molecule has 4 aromatic rings. The minimum absolute atomic E-state index is 0.295. The minimum Gasteiger partial charge on any atom is -0.387 e. The van der Waals surface area contributed by atoms with Gasteiger partial charge in [-0.25, -0.2) is 18.9 Å². The fourth-order valence-corrected chi connectivity index (χ4v) is 3.96. The molecule has 1 amide bonds. The Labute approximate surface area is 194 Å². The topological polar surface area (TPSA) is 110 Å². The van der Waals surface area contributed by atoms with Crippen molar-refractivity contribution in [2.24, 2.45) is 0 Å². The van der Waals surface area contributed by atoms with Crippen LogP contribution in [-0.4, -0.2) is 79.5 Å². The van der Waals surface area contributed by atoms with E-state index in [4.69, 9.17) is 14.9 Å². The molecule has 0 unspecified atom stereocenters. The first-order valence-electron chi connectivity index (χ1n) is 11.0. The number of aliphatic hydroxyl groups excluding tert-OH is 1. The smallest absolute Gasteiger partial charge is 0.251 e. The van der Waals surface area contributed by atoms with Crippen LogP contribution in [0.5, 0.6) is 0 Å². The van der Waals surface area contributed by atoms with Gasteiger partial charge in [0.1, 0.15) is 18.1 Å². The van der Waals surface area contributed by atoms with Gasteiger partial charge in [0, 0.05) is 31.7 Å². The van der Waals surface area contributed by atoms with E-state index in [9.17, 15) is 9.18 Å². The first-order chi connectivity index (χ1) is 16.6. The number of nitrogens with zero attached hydrogens (tertiary/aromatic N) is 6. The Kier molecular flexibility index (Phi) is 6.30. The van der Waals surface area contributed by atoms with Gasteiger partial charge in [-0.05, 0) is 36.4 Å². The Bertz CT molecular complexity index is 1300. The lowest BCUT2D eigenvalue weighted by molar-refractivity contribution is -0.118. The summed E-state index contributed by atoms with van der Waals surface area (Å²) in [7, 11) is 0. The van der Waals surface area contributed by atoms with Crippen molar-refractivity contribution in [3.8, 4) is 22.6 Å². The number of nitrogens with one attached hydrogen (secondary N) is 1. The average molecular weight is 465 g/mol. The Hall–Kier alpha value is -3.67. The van der Waals surface area contributed by atoms with Crippen LogP contribution in [0.2, 0.25) is 0 Å². The first-order valence-corrected chi connectivity index (χ1v) is 11.0. The molecule has 0 aliphatic carbocycles. The van der Waals surface area contributed by atoms with E-state index in [1.54, 1.807) is 35.2 Å². The second-order valence-electron chi connectivity index (χ2n) is 7.95. The third-order valence-electron chi connectivity index (χ3n) is 5.69. The van der Waals surface area contributed by atoms with Crippen LogP contribution in [0.3, 0.4) is 0 Å². The van der Waals surface area contributed by atoms with Gasteiger partial charge in [-0.1, -0.05) is 0 Å². The maximum Gasteiger partial charge on any atom is 0.251 e. The number of fused-ring (bicyclic) bond motifs is 1. The summed E-state index contributed by atoms with van der Waals surface area (Å²) in [6, 6.07) is 9.86. The van der Waals surface area contributed by atoms with E-state index in [2.05, 4.69) is 20.2 Å². The second-order valence-corrected chi connectivity index (χ2v) is 7.95. The second kappa shape index (κ2) is 9.67. The number of morpholine rings is 1. The SMILES string of the molecule is O=C(CO)Nc1cn2nc(-c3c(-c4ccc(F)cc4)ncn3CCN3CCOCC3)ccc2n1. The number of hydrogen-bond acceptors (Lipinski definition) is 7. The van der Waals surface area contributed by atoms with Gasteiger partial charge in [0.15, 0.2) is 11.5 Å². The minimum atomic E-state index is -0.629. The van der Waals surface area contributed by atoms with Crippen molar-refractivity contribution < 1.29 is 19.0 Å². The molecule has 11 heteroatoms. The zero-order valence-corrected chi connectivity index (χ0v) is 18.4. The van der Waals surface area contributed by atoms with Gasteiger partial charge in [0.2, 0.25) is 0 Å². The molecule has 5 rings (SSSR count). The van der Waals surface area contributed by atoms with Crippen molar-refractivity contribution in [3.05, 3.63) is 54.7 Å². The summed E-state index contributed by atoms with van der Waals surface area (Å²) in [6.07, 6.45) is 3.36. The average Bonchev–Trinajstić information content (AvgIpc) is 3.46. The van der Waals surface area contributed by atoms with Gasteiger partial charge < -0.3 is 19.7 Å². The summed E-state index contributed by atoms with van der Waals surface area (Å²) in [5.41, 5.74) is 3.48. The molecule has 10 nitrogen and oxygen atoms in total. The number of halogens is 1. The molecular formula is C23H24FN7O3. The number of amides is 1. The molecule has 2 N–H and O–H groups in total. The number of carbonyl (C=O) groups is 1. The fraction of sp³-hybridized carbons (Fsp3) is 0.304. The maximum absolute atomic E-state index is 13.5. The highest BCUT2D eigenvalue weighted by Gasteiger charge is 2.19. The molecule has 176 valence electrons. The van der Waals surface area contributed by atoms with Crippen molar-refractivity contribution in [2.45, 2.75) is 6.54 Å². The van der Waals surface area contributed by atoms with Crippen molar-refractivity contribution in [2.75, 3.05) is 44.8 Å². The largest absolute Gasteiger partial charge is 0.387 e. The van der Waals surface area contributed by atoms with E-state index in [1.165, 1.54) is 12.1 Å². The summed E-state index contributed by atoms with van der Waals surface area (Å²) in [6.45, 7) is 4.13. The Balaban J connectivity index is 1.51. The van der Waals surface area contributed by atoms with E-state index in [0.29, 0.717) is 29.4 Å². The molecule has 1 aliphatic heterocycles. The standard InChI is InChI=1S/C23H24FN7O3/c24-17-3-1-16(2-4-17)22-23(30(15-25-22)8-7-29-9-11-34-12-10-29)18-5-6-20-26-19(13-31(20)28-18)27-21(33)14-32/h1-6,13,15,32H,7-12,14H2,(H,27,33). The van der Waals surface area contributed by atoms with Gasteiger partial charge in [-0.2, -0.15) is 5.10 Å². The van der Waals surface area contributed by atoms with Crippen molar-refractivity contribution in [1.29, 1.82) is 0 Å². The van der Waals surface area contributed by atoms with Crippen LogP contribution in [0.25, 0.3) is 28.3 Å². The molecule has 0 radical (unpaired) electrons. The molecule has 0 bridgehead atoms. The Morgan fingerprint density at radius 3 is 2.68 bits per heavy atom. The number of aromatic nitrogens is 5. The summed E-state index contributed by atoms with van der Waals surface area (Å²) in [5, 5.41) is 16.2. The summed E-state index contributed by atoms with van der Waals surface area (Å²) in [4.78, 5) is 22.8. The summed E-state index contributed by atoms with van der Waals surface area (Å²) >= 11 is 0. The van der Waals surface area contributed by atoms with Crippen LogP contribution in [-0.2, 0) is 16.1 Å². The fourth-order valence-electron chi connectivity index (χ4n) is 3.96. The monoisotopic (exact) mass is 465 g/mol. The van der Waals surface area contributed by atoms with E-state index in [0.717, 1.165) is 44.1 Å². The third kappa shape index (κ3) is 4.67. The quantitative estimate of drug-likeness (QED) is 0.427.